The maximum absolute atomic E-state index is 8.92. The average Bonchev–Trinajstić information content (AvgIpc) is 2.82. The first-order chi connectivity index (χ1) is 10.1. The molecule has 4 nitrogen and oxygen atoms in total. The molecule has 0 saturated carbocycles. The lowest BCUT2D eigenvalue weighted by Crippen LogP contribution is -2.23. The predicted octanol–water partition coefficient (Wildman–Crippen LogP) is 3.53. The largest absolute Gasteiger partial charge is 0.326 e. The van der Waals surface area contributed by atoms with Crippen molar-refractivity contribution in [3.05, 3.63) is 29.6 Å². The molecule has 0 N–H and O–H groups in total. The fourth-order valence-corrected chi connectivity index (χ4v) is 2.84. The smallest absolute Gasteiger partial charge is 0.127 e. The van der Waals surface area contributed by atoms with E-state index in [1.807, 2.05) is 0 Å². The number of nitrogens with zero attached hydrogens (tertiary/aromatic N) is 4. The second-order valence-electron chi connectivity index (χ2n) is 5.59. The van der Waals surface area contributed by atoms with E-state index in [9.17, 15) is 0 Å². The molecule has 21 heavy (non-hydrogen) atoms. The lowest BCUT2D eigenvalue weighted by atomic mass is 10.1. The zero-order valence-electron chi connectivity index (χ0n) is 13.4. The van der Waals surface area contributed by atoms with E-state index < -0.39 is 0 Å². The Bertz CT molecular complexity index is 649. The van der Waals surface area contributed by atoms with Crippen molar-refractivity contribution in [1.82, 2.24) is 14.5 Å². The highest BCUT2D eigenvalue weighted by Gasteiger charge is 2.20. The summed E-state index contributed by atoms with van der Waals surface area (Å²) in [7, 11) is 4.17. The maximum Gasteiger partial charge on any atom is 0.127 e. The molecule has 2 aromatic rings. The van der Waals surface area contributed by atoms with Gasteiger partial charge in [-0.1, -0.05) is 19.9 Å². The van der Waals surface area contributed by atoms with Gasteiger partial charge in [-0.2, -0.15) is 5.26 Å². The highest BCUT2D eigenvalue weighted by Crippen LogP contribution is 2.27. The summed E-state index contributed by atoms with van der Waals surface area (Å²) in [6, 6.07) is 9.00. The molecule has 0 fully saturated rings. The highest BCUT2D eigenvalue weighted by molar-refractivity contribution is 5.77. The Morgan fingerprint density at radius 2 is 2.10 bits per heavy atom. The molecular weight excluding hydrogens is 260 g/mol. The number of imidazole rings is 1. The first-order valence-corrected chi connectivity index (χ1v) is 7.64. The first kappa shape index (κ1) is 15.5. The highest BCUT2D eigenvalue weighted by atomic mass is 15.2. The molecule has 0 aliphatic carbocycles. The zero-order valence-corrected chi connectivity index (χ0v) is 13.4. The van der Waals surface area contributed by atoms with Gasteiger partial charge in [-0.3, -0.25) is 4.90 Å². The van der Waals surface area contributed by atoms with E-state index >= 15 is 0 Å². The monoisotopic (exact) mass is 284 g/mol. The third-order valence-corrected chi connectivity index (χ3v) is 4.01. The molecule has 1 heterocycles. The lowest BCUT2D eigenvalue weighted by molar-refractivity contribution is 0.273. The number of aromatic nitrogens is 2. The zero-order chi connectivity index (χ0) is 15.4. The van der Waals surface area contributed by atoms with Crippen molar-refractivity contribution in [2.75, 3.05) is 14.1 Å². The van der Waals surface area contributed by atoms with Gasteiger partial charge in [0.25, 0.3) is 0 Å². The van der Waals surface area contributed by atoms with E-state index in [-0.39, 0.29) is 6.04 Å². The van der Waals surface area contributed by atoms with Crippen LogP contribution in [0.1, 0.15) is 44.1 Å². The van der Waals surface area contributed by atoms with Crippen molar-refractivity contribution in [3.8, 4) is 6.07 Å². The van der Waals surface area contributed by atoms with Crippen molar-refractivity contribution in [3.63, 3.8) is 0 Å². The molecule has 4 heteroatoms. The minimum Gasteiger partial charge on any atom is -0.326 e. The number of benzene rings is 1. The Morgan fingerprint density at radius 3 is 2.67 bits per heavy atom. The van der Waals surface area contributed by atoms with Gasteiger partial charge in [-0.25, -0.2) is 4.98 Å². The first-order valence-electron chi connectivity index (χ1n) is 7.64. The molecule has 112 valence electrons. The van der Waals surface area contributed by atoms with Crippen LogP contribution in [0.5, 0.6) is 0 Å². The Morgan fingerprint density at radius 1 is 1.33 bits per heavy atom. The third kappa shape index (κ3) is 3.08. The van der Waals surface area contributed by atoms with Gasteiger partial charge >= 0.3 is 0 Å². The topological polar surface area (TPSA) is 44.9 Å². The van der Waals surface area contributed by atoms with Crippen molar-refractivity contribution >= 4 is 11.0 Å². The van der Waals surface area contributed by atoms with E-state index in [0.717, 1.165) is 29.7 Å². The van der Waals surface area contributed by atoms with E-state index in [0.29, 0.717) is 13.0 Å². The number of rotatable bonds is 6. The van der Waals surface area contributed by atoms with Gasteiger partial charge in [0, 0.05) is 6.54 Å². The minimum atomic E-state index is 0.279. The lowest BCUT2D eigenvalue weighted by Gasteiger charge is -2.23. The predicted molar refractivity (Wildman–Crippen MR) is 86.1 cm³/mol. The Labute approximate surface area is 127 Å². The van der Waals surface area contributed by atoms with Crippen LogP contribution < -0.4 is 0 Å². The number of hydrogen-bond acceptors (Lipinski definition) is 3. The second kappa shape index (κ2) is 6.73. The van der Waals surface area contributed by atoms with E-state index in [1.54, 1.807) is 0 Å². The summed E-state index contributed by atoms with van der Waals surface area (Å²) in [5, 5.41) is 8.92. The third-order valence-electron chi connectivity index (χ3n) is 4.01. The molecule has 0 saturated heterocycles. The Hall–Kier alpha value is -1.86. The molecule has 1 atom stereocenters. The van der Waals surface area contributed by atoms with Crippen LogP contribution in [-0.4, -0.2) is 28.5 Å². The summed E-state index contributed by atoms with van der Waals surface area (Å²) in [4.78, 5) is 7.08. The van der Waals surface area contributed by atoms with E-state index in [1.165, 1.54) is 5.56 Å². The summed E-state index contributed by atoms with van der Waals surface area (Å²) >= 11 is 0. The number of hydrogen-bond donors (Lipinski definition) is 0. The standard InChI is InChI=1S/C17H24N4/c1-5-13-8-9-16-14(12-13)19-17(15(6-2)20(3)4)21(16)11-7-10-18/h8-9,12,15H,5-7,11H2,1-4H3. The Balaban J connectivity index is 2.58. The van der Waals surface area contributed by atoms with Crippen LogP contribution in [0.3, 0.4) is 0 Å². The number of nitriles is 1. The van der Waals surface area contributed by atoms with Gasteiger partial charge in [0.1, 0.15) is 5.82 Å². The molecule has 0 aliphatic heterocycles. The van der Waals surface area contributed by atoms with Crippen molar-refractivity contribution in [2.45, 2.75) is 45.7 Å². The van der Waals surface area contributed by atoms with Crippen molar-refractivity contribution in [1.29, 1.82) is 5.26 Å². The summed E-state index contributed by atoms with van der Waals surface area (Å²) < 4.78 is 2.21. The van der Waals surface area contributed by atoms with Crippen LogP contribution in [-0.2, 0) is 13.0 Å². The summed E-state index contributed by atoms with van der Waals surface area (Å²) in [6.45, 7) is 5.04. The van der Waals surface area contributed by atoms with Gasteiger partial charge in [0.2, 0.25) is 0 Å². The van der Waals surface area contributed by atoms with Crippen molar-refractivity contribution in [2.24, 2.45) is 0 Å². The molecule has 0 radical (unpaired) electrons. The summed E-state index contributed by atoms with van der Waals surface area (Å²) in [5.41, 5.74) is 3.48. The number of fused-ring (bicyclic) bond motifs is 1. The van der Waals surface area contributed by atoms with Crippen LogP contribution in [0.15, 0.2) is 18.2 Å². The van der Waals surface area contributed by atoms with Gasteiger partial charge < -0.3 is 4.57 Å². The van der Waals surface area contributed by atoms with Crippen LogP contribution in [0, 0.1) is 11.3 Å². The van der Waals surface area contributed by atoms with Gasteiger partial charge in [0.05, 0.1) is 29.6 Å². The van der Waals surface area contributed by atoms with Crippen molar-refractivity contribution < 1.29 is 0 Å². The van der Waals surface area contributed by atoms with Crippen LogP contribution in [0.4, 0.5) is 0 Å². The quantitative estimate of drug-likeness (QED) is 0.815. The molecule has 0 spiro atoms. The van der Waals surface area contributed by atoms with E-state index in [2.05, 4.69) is 61.7 Å². The maximum atomic E-state index is 8.92. The van der Waals surface area contributed by atoms with E-state index in [4.69, 9.17) is 10.2 Å². The molecule has 2 rings (SSSR count). The minimum absolute atomic E-state index is 0.279. The molecule has 0 bridgehead atoms. The molecule has 1 aromatic carbocycles. The Kier molecular flexibility index (Phi) is 4.98. The van der Waals surface area contributed by atoms with Crippen LogP contribution >= 0.6 is 0 Å². The number of aryl methyl sites for hydroxylation is 2. The summed E-state index contributed by atoms with van der Waals surface area (Å²) in [5.74, 6) is 1.07. The fraction of sp³-hybridized carbons (Fsp3) is 0.529. The molecule has 1 aromatic heterocycles. The second-order valence-corrected chi connectivity index (χ2v) is 5.59. The average molecular weight is 284 g/mol. The van der Waals surface area contributed by atoms with Gasteiger partial charge in [-0.05, 0) is 44.6 Å². The molecule has 0 aliphatic rings. The van der Waals surface area contributed by atoms with Crippen LogP contribution in [0.25, 0.3) is 11.0 Å². The van der Waals surface area contributed by atoms with Crippen LogP contribution in [0.2, 0.25) is 0 Å². The van der Waals surface area contributed by atoms with Gasteiger partial charge in [-0.15, -0.1) is 0 Å². The molecular formula is C17H24N4. The SMILES string of the molecule is CCc1ccc2c(c1)nc(C(CC)N(C)C)n2CCC#N. The van der Waals surface area contributed by atoms with Gasteiger partial charge in [0.15, 0.2) is 0 Å². The fourth-order valence-electron chi connectivity index (χ4n) is 2.84. The molecule has 0 amide bonds. The molecule has 1 unspecified atom stereocenters. The normalized spacial score (nSPS) is 12.8. The summed E-state index contributed by atoms with van der Waals surface area (Å²) in [6.07, 6.45) is 2.53.